The van der Waals surface area contributed by atoms with Gasteiger partial charge in [0.25, 0.3) is 0 Å². The molecule has 0 heterocycles. The fourth-order valence-corrected chi connectivity index (χ4v) is 2.23. The SMILES string of the molecule is NNC(CCc1ccccc1)c1ccc(Cl)cc1F. The summed E-state index contributed by atoms with van der Waals surface area (Å²) in [4.78, 5) is 0. The second-order valence-corrected chi connectivity index (χ2v) is 4.85. The summed E-state index contributed by atoms with van der Waals surface area (Å²) in [6.07, 6.45) is 1.55. The molecule has 3 N–H and O–H groups in total. The van der Waals surface area contributed by atoms with E-state index in [1.54, 1.807) is 12.1 Å². The minimum absolute atomic E-state index is 0.225. The Morgan fingerprint density at radius 1 is 1.16 bits per heavy atom. The fourth-order valence-electron chi connectivity index (χ4n) is 2.07. The number of benzene rings is 2. The Hall–Kier alpha value is -1.42. The molecular formula is C15H16ClFN2. The predicted molar refractivity (Wildman–Crippen MR) is 76.2 cm³/mol. The number of nitrogens with two attached hydrogens (primary N) is 1. The molecule has 2 nitrogen and oxygen atoms in total. The van der Waals surface area contributed by atoms with Crippen LogP contribution in [0.5, 0.6) is 0 Å². The molecule has 0 spiro atoms. The van der Waals surface area contributed by atoms with Crippen LogP contribution in [0.15, 0.2) is 48.5 Å². The number of nitrogens with one attached hydrogen (secondary N) is 1. The van der Waals surface area contributed by atoms with Gasteiger partial charge in [-0.3, -0.25) is 11.3 Å². The molecular weight excluding hydrogens is 263 g/mol. The van der Waals surface area contributed by atoms with Crippen molar-refractivity contribution in [3.8, 4) is 0 Å². The summed E-state index contributed by atoms with van der Waals surface area (Å²) in [5, 5.41) is 0.389. The first-order chi connectivity index (χ1) is 9.20. The van der Waals surface area contributed by atoms with E-state index >= 15 is 0 Å². The highest BCUT2D eigenvalue weighted by Gasteiger charge is 2.14. The Labute approximate surface area is 117 Å². The summed E-state index contributed by atoms with van der Waals surface area (Å²) in [6.45, 7) is 0. The van der Waals surface area contributed by atoms with Crippen LogP contribution in [0.4, 0.5) is 4.39 Å². The molecule has 0 saturated carbocycles. The van der Waals surface area contributed by atoms with Gasteiger partial charge in [0.2, 0.25) is 0 Å². The number of aryl methyl sites for hydroxylation is 1. The van der Waals surface area contributed by atoms with E-state index in [-0.39, 0.29) is 11.9 Å². The lowest BCUT2D eigenvalue weighted by molar-refractivity contribution is 0.485. The van der Waals surface area contributed by atoms with E-state index in [1.807, 2.05) is 30.3 Å². The van der Waals surface area contributed by atoms with Crippen molar-refractivity contribution in [2.24, 2.45) is 5.84 Å². The summed E-state index contributed by atoms with van der Waals surface area (Å²) in [6, 6.07) is 14.5. The van der Waals surface area contributed by atoms with E-state index in [1.165, 1.54) is 11.6 Å². The zero-order valence-electron chi connectivity index (χ0n) is 10.4. The molecule has 0 aromatic heterocycles. The summed E-state index contributed by atoms with van der Waals surface area (Å²) in [5.74, 6) is 5.20. The van der Waals surface area contributed by atoms with Gasteiger partial charge >= 0.3 is 0 Å². The predicted octanol–water partition coefficient (Wildman–Crippen LogP) is 3.62. The molecule has 0 aliphatic carbocycles. The van der Waals surface area contributed by atoms with E-state index in [2.05, 4.69) is 5.43 Å². The van der Waals surface area contributed by atoms with Crippen LogP contribution in [0.2, 0.25) is 5.02 Å². The molecule has 0 bridgehead atoms. The molecule has 0 saturated heterocycles. The zero-order valence-corrected chi connectivity index (χ0v) is 11.2. The highest BCUT2D eigenvalue weighted by atomic mass is 35.5. The lowest BCUT2D eigenvalue weighted by Gasteiger charge is -2.17. The monoisotopic (exact) mass is 278 g/mol. The third kappa shape index (κ3) is 3.77. The molecule has 1 atom stereocenters. The normalized spacial score (nSPS) is 12.4. The quantitative estimate of drug-likeness (QED) is 0.648. The van der Waals surface area contributed by atoms with Gasteiger partial charge < -0.3 is 0 Å². The number of hydrazine groups is 1. The average molecular weight is 279 g/mol. The van der Waals surface area contributed by atoms with E-state index in [9.17, 15) is 4.39 Å². The summed E-state index contributed by atoms with van der Waals surface area (Å²) < 4.78 is 13.8. The van der Waals surface area contributed by atoms with Crippen molar-refractivity contribution in [3.05, 3.63) is 70.5 Å². The molecule has 2 rings (SSSR count). The number of hydrogen-bond donors (Lipinski definition) is 2. The van der Waals surface area contributed by atoms with Crippen LogP contribution < -0.4 is 11.3 Å². The Kier molecular flexibility index (Phi) is 4.91. The van der Waals surface area contributed by atoms with Crippen molar-refractivity contribution in [2.75, 3.05) is 0 Å². The van der Waals surface area contributed by atoms with Crippen LogP contribution in [0.25, 0.3) is 0 Å². The van der Waals surface area contributed by atoms with Crippen LogP contribution in [0.1, 0.15) is 23.6 Å². The second kappa shape index (κ2) is 6.66. The minimum Gasteiger partial charge on any atom is -0.271 e. The summed E-state index contributed by atoms with van der Waals surface area (Å²) in [7, 11) is 0. The molecule has 19 heavy (non-hydrogen) atoms. The molecule has 0 aliphatic rings. The maximum Gasteiger partial charge on any atom is 0.129 e. The van der Waals surface area contributed by atoms with Crippen LogP contribution in [-0.4, -0.2) is 0 Å². The molecule has 2 aromatic carbocycles. The standard InChI is InChI=1S/C15H16ClFN2/c16-12-7-8-13(14(17)10-12)15(19-18)9-6-11-4-2-1-3-5-11/h1-5,7-8,10,15,19H,6,9,18H2. The van der Waals surface area contributed by atoms with Gasteiger partial charge in [0.1, 0.15) is 5.82 Å². The highest BCUT2D eigenvalue weighted by Crippen LogP contribution is 2.23. The van der Waals surface area contributed by atoms with Crippen LogP contribution in [0, 0.1) is 5.82 Å². The van der Waals surface area contributed by atoms with Crippen molar-refractivity contribution >= 4 is 11.6 Å². The van der Waals surface area contributed by atoms with Gasteiger partial charge in [0.05, 0.1) is 0 Å². The third-order valence-corrected chi connectivity index (χ3v) is 3.34. The average Bonchev–Trinajstić information content (AvgIpc) is 2.42. The van der Waals surface area contributed by atoms with E-state index in [4.69, 9.17) is 17.4 Å². The van der Waals surface area contributed by atoms with Gasteiger partial charge in [-0.25, -0.2) is 4.39 Å². The van der Waals surface area contributed by atoms with Crippen LogP contribution in [0.3, 0.4) is 0 Å². The Bertz CT molecular complexity index is 531. The van der Waals surface area contributed by atoms with E-state index in [0.29, 0.717) is 10.6 Å². The topological polar surface area (TPSA) is 38.0 Å². The van der Waals surface area contributed by atoms with Gasteiger partial charge in [-0.2, -0.15) is 0 Å². The van der Waals surface area contributed by atoms with Crippen molar-refractivity contribution in [1.82, 2.24) is 5.43 Å². The third-order valence-electron chi connectivity index (χ3n) is 3.10. The lowest BCUT2D eigenvalue weighted by Crippen LogP contribution is -2.29. The first-order valence-electron chi connectivity index (χ1n) is 6.15. The summed E-state index contributed by atoms with van der Waals surface area (Å²) in [5.41, 5.74) is 4.42. The van der Waals surface area contributed by atoms with Crippen molar-refractivity contribution in [2.45, 2.75) is 18.9 Å². The Balaban J connectivity index is 2.08. The summed E-state index contributed by atoms with van der Waals surface area (Å²) >= 11 is 5.75. The molecule has 1 unspecified atom stereocenters. The maximum absolute atomic E-state index is 13.8. The molecule has 2 aromatic rings. The van der Waals surface area contributed by atoms with Crippen molar-refractivity contribution in [3.63, 3.8) is 0 Å². The van der Waals surface area contributed by atoms with Crippen LogP contribution in [-0.2, 0) is 6.42 Å². The van der Waals surface area contributed by atoms with Gasteiger partial charge in [0, 0.05) is 16.6 Å². The van der Waals surface area contributed by atoms with Gasteiger partial charge in [-0.05, 0) is 30.5 Å². The van der Waals surface area contributed by atoms with Gasteiger partial charge in [-0.1, -0.05) is 48.0 Å². The van der Waals surface area contributed by atoms with Crippen LogP contribution >= 0.6 is 11.6 Å². The smallest absolute Gasteiger partial charge is 0.129 e. The Morgan fingerprint density at radius 2 is 1.89 bits per heavy atom. The molecule has 4 heteroatoms. The first-order valence-corrected chi connectivity index (χ1v) is 6.53. The molecule has 100 valence electrons. The van der Waals surface area contributed by atoms with Crippen molar-refractivity contribution < 1.29 is 4.39 Å². The van der Waals surface area contributed by atoms with E-state index in [0.717, 1.165) is 12.8 Å². The zero-order chi connectivity index (χ0) is 13.7. The number of halogens is 2. The second-order valence-electron chi connectivity index (χ2n) is 4.41. The molecule has 0 aliphatic heterocycles. The Morgan fingerprint density at radius 3 is 2.53 bits per heavy atom. The van der Waals surface area contributed by atoms with Crippen molar-refractivity contribution in [1.29, 1.82) is 0 Å². The minimum atomic E-state index is -0.330. The first kappa shape index (κ1) is 14.0. The molecule has 0 radical (unpaired) electrons. The number of hydrogen-bond acceptors (Lipinski definition) is 2. The molecule has 0 fully saturated rings. The molecule has 0 amide bonds. The largest absolute Gasteiger partial charge is 0.271 e. The number of rotatable bonds is 5. The fraction of sp³-hybridized carbons (Fsp3) is 0.200. The van der Waals surface area contributed by atoms with Gasteiger partial charge in [-0.15, -0.1) is 0 Å². The lowest BCUT2D eigenvalue weighted by atomic mass is 9.99. The maximum atomic E-state index is 13.8. The van der Waals surface area contributed by atoms with E-state index < -0.39 is 0 Å². The highest BCUT2D eigenvalue weighted by molar-refractivity contribution is 6.30. The van der Waals surface area contributed by atoms with Gasteiger partial charge in [0.15, 0.2) is 0 Å².